The van der Waals surface area contributed by atoms with Gasteiger partial charge in [0.2, 0.25) is 0 Å². The Labute approximate surface area is 188 Å². The maximum absolute atomic E-state index is 10.2. The van der Waals surface area contributed by atoms with Crippen LogP contribution in [0.1, 0.15) is 73.1 Å². The van der Waals surface area contributed by atoms with E-state index in [-0.39, 0.29) is 5.92 Å². The molecule has 31 heavy (non-hydrogen) atoms. The molecular weight excluding hydrogens is 390 g/mol. The van der Waals surface area contributed by atoms with Crippen LogP contribution in [-0.2, 0) is 0 Å². The Morgan fingerprint density at radius 3 is 2.48 bits per heavy atom. The molecule has 2 atom stereocenters. The van der Waals surface area contributed by atoms with Crippen LogP contribution in [0.4, 0.5) is 0 Å². The van der Waals surface area contributed by atoms with Gasteiger partial charge in [-0.2, -0.15) is 0 Å². The summed E-state index contributed by atoms with van der Waals surface area (Å²) in [6.45, 7) is 13.8. The van der Waals surface area contributed by atoms with Crippen molar-refractivity contribution in [2.45, 2.75) is 85.2 Å². The first kappa shape index (κ1) is 29.1. The van der Waals surface area contributed by atoms with E-state index < -0.39 is 12.0 Å². The number of nitrogens with zero attached hydrogens (tertiary/aromatic N) is 2. The zero-order valence-electron chi connectivity index (χ0n) is 20.0. The van der Waals surface area contributed by atoms with Gasteiger partial charge < -0.3 is 15.3 Å². The van der Waals surface area contributed by atoms with Crippen LogP contribution in [0.2, 0.25) is 0 Å². The Morgan fingerprint density at radius 1 is 1.19 bits per heavy atom. The number of hydrogen-bond acceptors (Lipinski definition) is 6. The third-order valence-corrected chi connectivity index (χ3v) is 4.47. The van der Waals surface area contributed by atoms with Gasteiger partial charge in [-0.15, -0.1) is 6.58 Å². The first-order chi connectivity index (χ1) is 14.6. The summed E-state index contributed by atoms with van der Waals surface area (Å²) in [6, 6.07) is 0. The Kier molecular flexibility index (Phi) is 15.8. The molecule has 0 fully saturated rings. The fourth-order valence-corrected chi connectivity index (χ4v) is 2.61. The fraction of sp³-hybridized carbons (Fsp3) is 0.600. The predicted octanol–water partition coefficient (Wildman–Crippen LogP) is 4.65. The van der Waals surface area contributed by atoms with E-state index >= 15 is 0 Å². The summed E-state index contributed by atoms with van der Waals surface area (Å²) in [5, 5.41) is 32.1. The second-order valence-corrected chi connectivity index (χ2v) is 7.96. The van der Waals surface area contributed by atoms with E-state index in [0.717, 1.165) is 36.4 Å². The van der Waals surface area contributed by atoms with Gasteiger partial charge in [0, 0.05) is 37.2 Å². The molecule has 0 aliphatic carbocycles. The SMILES string of the molecule is C=CC(C)C=NC(=C/CC)/C(=C\CC(O)NC/C=C/C)N=C(C)CCCCC(C)(O)O. The van der Waals surface area contributed by atoms with Gasteiger partial charge in [-0.05, 0) is 46.5 Å². The summed E-state index contributed by atoms with van der Waals surface area (Å²) in [4.78, 5) is 9.42. The molecular formula is C25H43N3O3. The fourth-order valence-electron chi connectivity index (χ4n) is 2.61. The molecule has 0 radical (unpaired) electrons. The molecule has 6 nitrogen and oxygen atoms in total. The zero-order valence-corrected chi connectivity index (χ0v) is 20.0. The van der Waals surface area contributed by atoms with Gasteiger partial charge in [0.15, 0.2) is 5.79 Å². The van der Waals surface area contributed by atoms with E-state index in [2.05, 4.69) is 23.8 Å². The highest BCUT2D eigenvalue weighted by Crippen LogP contribution is 2.18. The summed E-state index contributed by atoms with van der Waals surface area (Å²) in [5.41, 5.74) is 2.44. The summed E-state index contributed by atoms with van der Waals surface area (Å²) in [7, 11) is 0. The third-order valence-electron chi connectivity index (χ3n) is 4.47. The van der Waals surface area contributed by atoms with Crippen molar-refractivity contribution < 1.29 is 15.3 Å². The van der Waals surface area contributed by atoms with Crippen molar-refractivity contribution in [3.63, 3.8) is 0 Å². The highest BCUT2D eigenvalue weighted by atomic mass is 16.5. The maximum atomic E-state index is 10.2. The molecule has 0 aliphatic rings. The Balaban J connectivity index is 5.47. The average molecular weight is 434 g/mol. The lowest BCUT2D eigenvalue weighted by atomic mass is 10.1. The van der Waals surface area contributed by atoms with E-state index in [9.17, 15) is 15.3 Å². The molecule has 0 saturated heterocycles. The van der Waals surface area contributed by atoms with Crippen LogP contribution in [0.25, 0.3) is 0 Å². The molecule has 0 heterocycles. The van der Waals surface area contributed by atoms with Crippen molar-refractivity contribution in [3.05, 3.63) is 48.4 Å². The van der Waals surface area contributed by atoms with Crippen molar-refractivity contribution in [2.24, 2.45) is 15.9 Å². The van der Waals surface area contributed by atoms with E-state index in [4.69, 9.17) is 4.99 Å². The van der Waals surface area contributed by atoms with E-state index in [1.807, 2.05) is 57.4 Å². The molecule has 0 aromatic rings. The van der Waals surface area contributed by atoms with Crippen molar-refractivity contribution in [1.82, 2.24) is 5.32 Å². The monoisotopic (exact) mass is 433 g/mol. The van der Waals surface area contributed by atoms with Gasteiger partial charge in [-0.25, -0.2) is 0 Å². The smallest absolute Gasteiger partial charge is 0.159 e. The molecule has 0 aromatic heterocycles. The molecule has 0 saturated carbocycles. The van der Waals surface area contributed by atoms with Gasteiger partial charge in [0.05, 0.1) is 11.4 Å². The Hall–Kier alpha value is -1.86. The van der Waals surface area contributed by atoms with E-state index in [0.29, 0.717) is 25.8 Å². The molecule has 2 unspecified atom stereocenters. The molecule has 0 aromatic carbocycles. The highest BCUT2D eigenvalue weighted by molar-refractivity contribution is 5.83. The quantitative estimate of drug-likeness (QED) is 0.0936. The Morgan fingerprint density at radius 2 is 1.90 bits per heavy atom. The number of unbranched alkanes of at least 4 members (excludes halogenated alkanes) is 1. The second-order valence-electron chi connectivity index (χ2n) is 7.96. The van der Waals surface area contributed by atoms with Crippen LogP contribution in [0.3, 0.4) is 0 Å². The summed E-state index contributed by atoms with van der Waals surface area (Å²) < 4.78 is 0. The van der Waals surface area contributed by atoms with Crippen molar-refractivity contribution in [3.8, 4) is 0 Å². The molecule has 6 heteroatoms. The molecule has 4 N–H and O–H groups in total. The maximum Gasteiger partial charge on any atom is 0.159 e. The molecule has 0 spiro atoms. The minimum absolute atomic E-state index is 0.144. The predicted molar refractivity (Wildman–Crippen MR) is 132 cm³/mol. The van der Waals surface area contributed by atoms with Crippen molar-refractivity contribution in [2.75, 3.05) is 6.54 Å². The lowest BCUT2D eigenvalue weighted by molar-refractivity contribution is -0.150. The summed E-state index contributed by atoms with van der Waals surface area (Å²) in [5.74, 6) is -1.48. The van der Waals surface area contributed by atoms with Crippen LogP contribution in [0.15, 0.2) is 58.3 Å². The highest BCUT2D eigenvalue weighted by Gasteiger charge is 2.13. The van der Waals surface area contributed by atoms with Crippen LogP contribution < -0.4 is 5.32 Å². The van der Waals surface area contributed by atoms with Crippen LogP contribution in [-0.4, -0.2) is 45.8 Å². The standard InChI is InChI=1S/C25H43N3O3/c1-7-10-18-26-24(29)16-15-23(22(13-8-2)27-19-20(4)9-3)28-21(5)14-11-12-17-25(6,30)31/h7,9-10,13,15,19-20,24,26,29-31H,3,8,11-12,14,16-18H2,1-2,4-6H3/b10-7+,22-13+,23-15+,27-19?,28-21?. The van der Waals surface area contributed by atoms with Crippen LogP contribution >= 0.6 is 0 Å². The van der Waals surface area contributed by atoms with Gasteiger partial charge >= 0.3 is 0 Å². The number of nitrogens with one attached hydrogen (secondary N) is 1. The number of aliphatic hydroxyl groups excluding tert-OH is 1. The van der Waals surface area contributed by atoms with E-state index in [1.165, 1.54) is 6.92 Å². The normalized spacial score (nSPS) is 16.3. The topological polar surface area (TPSA) is 97.4 Å². The molecule has 0 aliphatic heterocycles. The average Bonchev–Trinajstić information content (AvgIpc) is 2.70. The largest absolute Gasteiger partial charge is 0.378 e. The van der Waals surface area contributed by atoms with Gasteiger partial charge in [-0.1, -0.05) is 44.2 Å². The first-order valence-electron chi connectivity index (χ1n) is 11.2. The summed E-state index contributed by atoms with van der Waals surface area (Å²) in [6.07, 6.45) is 14.6. The minimum Gasteiger partial charge on any atom is -0.378 e. The van der Waals surface area contributed by atoms with Crippen LogP contribution in [0.5, 0.6) is 0 Å². The lowest BCUT2D eigenvalue weighted by Gasteiger charge is -2.15. The number of hydrogen-bond donors (Lipinski definition) is 4. The number of aliphatic hydroxyl groups is 3. The van der Waals surface area contributed by atoms with E-state index in [1.54, 1.807) is 0 Å². The minimum atomic E-state index is -1.63. The van der Waals surface area contributed by atoms with Gasteiger partial charge in [-0.3, -0.25) is 15.3 Å². The molecule has 176 valence electrons. The van der Waals surface area contributed by atoms with Crippen molar-refractivity contribution >= 4 is 11.9 Å². The molecule has 0 bridgehead atoms. The van der Waals surface area contributed by atoms with Crippen LogP contribution in [0, 0.1) is 5.92 Å². The molecule has 0 amide bonds. The van der Waals surface area contributed by atoms with Gasteiger partial charge in [0.1, 0.15) is 6.23 Å². The first-order valence-corrected chi connectivity index (χ1v) is 11.2. The lowest BCUT2D eigenvalue weighted by Crippen LogP contribution is -2.28. The molecule has 0 rings (SSSR count). The number of rotatable bonds is 16. The summed E-state index contributed by atoms with van der Waals surface area (Å²) >= 11 is 0. The third kappa shape index (κ3) is 16.5. The Bertz CT molecular complexity index is 655. The van der Waals surface area contributed by atoms with Gasteiger partial charge in [0.25, 0.3) is 0 Å². The number of aliphatic imine (C=N–C) groups is 2. The number of allylic oxidation sites excluding steroid dienone is 3. The second kappa shape index (κ2) is 16.8. The zero-order chi connectivity index (χ0) is 23.7. The van der Waals surface area contributed by atoms with Crippen molar-refractivity contribution in [1.29, 1.82) is 0 Å².